The van der Waals surface area contributed by atoms with Crippen molar-refractivity contribution in [3.8, 4) is 0 Å². The number of carbonyl (C=O) groups excluding carboxylic acids is 1. The molecule has 0 amide bonds. The molecule has 0 aromatic carbocycles. The summed E-state index contributed by atoms with van der Waals surface area (Å²) >= 11 is 0. The fraction of sp³-hybridized carbons (Fsp3) is 0.909. The maximum Gasteiger partial charge on any atom is 0.311 e. The van der Waals surface area contributed by atoms with Crippen LogP contribution in [0.3, 0.4) is 0 Å². The zero-order valence-corrected chi connectivity index (χ0v) is 9.17. The van der Waals surface area contributed by atoms with Crippen LogP contribution in [-0.2, 0) is 14.3 Å². The molecule has 3 nitrogen and oxygen atoms in total. The smallest absolute Gasteiger partial charge is 0.311 e. The maximum atomic E-state index is 11.7. The molecule has 0 atom stereocenters. The van der Waals surface area contributed by atoms with E-state index in [1.165, 1.54) is 7.11 Å². The fourth-order valence-electron chi connectivity index (χ4n) is 2.05. The van der Waals surface area contributed by atoms with Crippen LogP contribution in [0, 0.1) is 5.41 Å². The van der Waals surface area contributed by atoms with Gasteiger partial charge in [0.15, 0.2) is 0 Å². The highest BCUT2D eigenvalue weighted by atomic mass is 16.5. The predicted octanol–water partition coefficient (Wildman–Crippen LogP) is 2.15. The standard InChI is InChI=1S/C11H20O3/c1-3-4-5-11(10(12)13-2)6-8-14-9-7-11/h3-9H2,1-2H3. The van der Waals surface area contributed by atoms with Crippen LogP contribution < -0.4 is 0 Å². The minimum atomic E-state index is -0.247. The summed E-state index contributed by atoms with van der Waals surface area (Å²) in [5, 5.41) is 0. The summed E-state index contributed by atoms with van der Waals surface area (Å²) in [4.78, 5) is 11.7. The number of esters is 1. The van der Waals surface area contributed by atoms with Gasteiger partial charge in [-0.15, -0.1) is 0 Å². The van der Waals surface area contributed by atoms with Crippen LogP contribution in [0.2, 0.25) is 0 Å². The van der Waals surface area contributed by atoms with Crippen molar-refractivity contribution in [1.29, 1.82) is 0 Å². The zero-order valence-electron chi connectivity index (χ0n) is 9.17. The minimum Gasteiger partial charge on any atom is -0.469 e. The van der Waals surface area contributed by atoms with E-state index in [4.69, 9.17) is 9.47 Å². The van der Waals surface area contributed by atoms with Crippen molar-refractivity contribution in [2.45, 2.75) is 39.0 Å². The van der Waals surface area contributed by atoms with Gasteiger partial charge in [-0.25, -0.2) is 0 Å². The van der Waals surface area contributed by atoms with Gasteiger partial charge in [-0.2, -0.15) is 0 Å². The van der Waals surface area contributed by atoms with Crippen molar-refractivity contribution in [1.82, 2.24) is 0 Å². The molecule has 14 heavy (non-hydrogen) atoms. The van der Waals surface area contributed by atoms with Gasteiger partial charge >= 0.3 is 5.97 Å². The first kappa shape index (κ1) is 11.5. The topological polar surface area (TPSA) is 35.5 Å². The van der Waals surface area contributed by atoms with E-state index in [1.54, 1.807) is 0 Å². The van der Waals surface area contributed by atoms with Gasteiger partial charge in [0, 0.05) is 13.2 Å². The highest BCUT2D eigenvalue weighted by Crippen LogP contribution is 2.36. The molecule has 82 valence electrons. The number of carbonyl (C=O) groups is 1. The van der Waals surface area contributed by atoms with Crippen LogP contribution in [0.1, 0.15) is 39.0 Å². The molecule has 0 aromatic heterocycles. The monoisotopic (exact) mass is 200 g/mol. The summed E-state index contributed by atoms with van der Waals surface area (Å²) in [6.45, 7) is 3.53. The van der Waals surface area contributed by atoms with Crippen molar-refractivity contribution in [3.63, 3.8) is 0 Å². The SMILES string of the molecule is CCCCC1(C(=O)OC)CCOCC1. The molecular formula is C11H20O3. The zero-order chi connectivity index (χ0) is 10.4. The van der Waals surface area contributed by atoms with E-state index in [0.717, 1.165) is 32.1 Å². The molecule has 1 fully saturated rings. The lowest BCUT2D eigenvalue weighted by Gasteiger charge is -2.34. The Bertz CT molecular complexity index is 183. The Hall–Kier alpha value is -0.570. The molecule has 3 heteroatoms. The summed E-state index contributed by atoms with van der Waals surface area (Å²) in [5.41, 5.74) is -0.247. The van der Waals surface area contributed by atoms with Crippen molar-refractivity contribution < 1.29 is 14.3 Å². The van der Waals surface area contributed by atoms with Crippen molar-refractivity contribution in [3.05, 3.63) is 0 Å². The number of unbranched alkanes of at least 4 members (excludes halogenated alkanes) is 1. The summed E-state index contributed by atoms with van der Waals surface area (Å²) in [5.74, 6) is -0.0470. The molecule has 1 rings (SSSR count). The normalized spacial score (nSPS) is 20.4. The van der Waals surface area contributed by atoms with E-state index >= 15 is 0 Å². The third-order valence-electron chi connectivity index (χ3n) is 3.08. The number of rotatable bonds is 4. The van der Waals surface area contributed by atoms with E-state index in [1.807, 2.05) is 0 Å². The first-order chi connectivity index (χ1) is 6.75. The van der Waals surface area contributed by atoms with Crippen molar-refractivity contribution in [2.75, 3.05) is 20.3 Å². The van der Waals surface area contributed by atoms with Gasteiger partial charge in [0.05, 0.1) is 12.5 Å². The van der Waals surface area contributed by atoms with Gasteiger partial charge < -0.3 is 9.47 Å². The number of hydrogen-bond donors (Lipinski definition) is 0. The van der Waals surface area contributed by atoms with E-state index in [-0.39, 0.29) is 11.4 Å². The van der Waals surface area contributed by atoms with Crippen LogP contribution in [0.4, 0.5) is 0 Å². The second-order valence-electron chi connectivity index (χ2n) is 3.99. The average Bonchev–Trinajstić information content (AvgIpc) is 2.26. The third-order valence-corrected chi connectivity index (χ3v) is 3.08. The molecule has 1 heterocycles. The third kappa shape index (κ3) is 2.47. The number of methoxy groups -OCH3 is 1. The highest BCUT2D eigenvalue weighted by Gasteiger charge is 2.40. The van der Waals surface area contributed by atoms with Gasteiger partial charge in [-0.05, 0) is 19.3 Å². The van der Waals surface area contributed by atoms with E-state index < -0.39 is 0 Å². The summed E-state index contributed by atoms with van der Waals surface area (Å²) in [6.07, 6.45) is 4.80. The van der Waals surface area contributed by atoms with E-state index in [9.17, 15) is 4.79 Å². The van der Waals surface area contributed by atoms with Gasteiger partial charge in [0.25, 0.3) is 0 Å². The molecule has 1 aliphatic rings. The Morgan fingerprint density at radius 3 is 2.57 bits per heavy atom. The second kappa shape index (κ2) is 5.35. The highest BCUT2D eigenvalue weighted by molar-refractivity contribution is 5.76. The van der Waals surface area contributed by atoms with Crippen LogP contribution in [0.5, 0.6) is 0 Å². The molecule has 0 saturated carbocycles. The molecule has 0 radical (unpaired) electrons. The molecule has 0 aliphatic carbocycles. The molecular weight excluding hydrogens is 180 g/mol. The molecule has 1 saturated heterocycles. The van der Waals surface area contributed by atoms with Crippen molar-refractivity contribution in [2.24, 2.45) is 5.41 Å². The predicted molar refractivity (Wildman–Crippen MR) is 54.0 cm³/mol. The van der Waals surface area contributed by atoms with Gasteiger partial charge in [0.2, 0.25) is 0 Å². The Labute approximate surface area is 85.8 Å². The van der Waals surface area contributed by atoms with Crippen LogP contribution in [-0.4, -0.2) is 26.3 Å². The average molecular weight is 200 g/mol. The van der Waals surface area contributed by atoms with Gasteiger partial charge in [-0.1, -0.05) is 19.8 Å². The number of hydrogen-bond acceptors (Lipinski definition) is 3. The quantitative estimate of drug-likeness (QED) is 0.652. The summed E-state index contributed by atoms with van der Waals surface area (Å²) < 4.78 is 10.2. The lowest BCUT2D eigenvalue weighted by atomic mass is 9.76. The summed E-state index contributed by atoms with van der Waals surface area (Å²) in [6, 6.07) is 0. The molecule has 0 unspecified atom stereocenters. The van der Waals surface area contributed by atoms with Crippen molar-refractivity contribution >= 4 is 5.97 Å². The fourth-order valence-corrected chi connectivity index (χ4v) is 2.05. The van der Waals surface area contributed by atoms with Crippen LogP contribution >= 0.6 is 0 Å². The molecule has 1 aliphatic heterocycles. The lowest BCUT2D eigenvalue weighted by Crippen LogP contribution is -2.38. The molecule has 0 spiro atoms. The minimum absolute atomic E-state index is 0.0470. The van der Waals surface area contributed by atoms with Crippen LogP contribution in [0.15, 0.2) is 0 Å². The first-order valence-corrected chi connectivity index (χ1v) is 5.41. The lowest BCUT2D eigenvalue weighted by molar-refractivity contribution is -0.159. The second-order valence-corrected chi connectivity index (χ2v) is 3.99. The Morgan fingerprint density at radius 2 is 2.07 bits per heavy atom. The van der Waals surface area contributed by atoms with E-state index in [0.29, 0.717) is 13.2 Å². The first-order valence-electron chi connectivity index (χ1n) is 5.41. The molecule has 0 N–H and O–H groups in total. The molecule has 0 bridgehead atoms. The maximum absolute atomic E-state index is 11.7. The Balaban J connectivity index is 2.61. The Morgan fingerprint density at radius 1 is 1.43 bits per heavy atom. The molecule has 0 aromatic rings. The largest absolute Gasteiger partial charge is 0.469 e. The number of ether oxygens (including phenoxy) is 2. The van der Waals surface area contributed by atoms with Crippen LogP contribution in [0.25, 0.3) is 0 Å². The van der Waals surface area contributed by atoms with Gasteiger partial charge in [0.1, 0.15) is 0 Å². The Kier molecular flexibility index (Phi) is 4.39. The van der Waals surface area contributed by atoms with Gasteiger partial charge in [-0.3, -0.25) is 4.79 Å². The summed E-state index contributed by atoms with van der Waals surface area (Å²) in [7, 11) is 1.48. The van der Waals surface area contributed by atoms with E-state index in [2.05, 4.69) is 6.92 Å².